The molecular weight excluding hydrogens is 358 g/mol. The summed E-state index contributed by atoms with van der Waals surface area (Å²) in [4.78, 5) is 2.29. The summed E-state index contributed by atoms with van der Waals surface area (Å²) < 4.78 is 5.93. The lowest BCUT2D eigenvalue weighted by atomic mass is 10.1. The van der Waals surface area contributed by atoms with Gasteiger partial charge in [-0.05, 0) is 42.2 Å². The quantitative estimate of drug-likeness (QED) is 0.490. The molecule has 152 valence electrons. The van der Waals surface area contributed by atoms with Crippen LogP contribution in [0.4, 0.5) is 0 Å². The lowest BCUT2D eigenvalue weighted by Gasteiger charge is -2.26. The lowest BCUT2D eigenvalue weighted by molar-refractivity contribution is 0.104. The average Bonchev–Trinajstić information content (AvgIpc) is 2.75. The van der Waals surface area contributed by atoms with Crippen molar-refractivity contribution >= 4 is 0 Å². The minimum Gasteiger partial charge on any atom is -0.491 e. The molecule has 3 aromatic rings. The molecule has 3 nitrogen and oxygen atoms in total. The van der Waals surface area contributed by atoms with E-state index in [-0.39, 0.29) is 6.10 Å². The Balaban J connectivity index is 1.73. The molecule has 0 saturated carbocycles. The number of aliphatic hydroxyl groups excluding tert-OH is 1. The van der Waals surface area contributed by atoms with Crippen LogP contribution in [0.25, 0.3) is 0 Å². The molecule has 1 N–H and O–H groups in total. The fourth-order valence-corrected chi connectivity index (χ4v) is 3.33. The molecule has 3 heteroatoms. The molecule has 0 bridgehead atoms. The van der Waals surface area contributed by atoms with Gasteiger partial charge in [0.2, 0.25) is 0 Å². The van der Waals surface area contributed by atoms with Crippen LogP contribution in [-0.2, 0) is 13.1 Å². The lowest BCUT2D eigenvalue weighted by Crippen LogP contribution is -2.28. The van der Waals surface area contributed by atoms with Gasteiger partial charge in [-0.25, -0.2) is 0 Å². The van der Waals surface area contributed by atoms with Crippen LogP contribution >= 0.6 is 0 Å². The zero-order chi connectivity index (χ0) is 20.5. The number of hydrogen-bond donors (Lipinski definition) is 1. The summed E-state index contributed by atoms with van der Waals surface area (Å²) in [5.41, 5.74) is 3.37. The van der Waals surface area contributed by atoms with Gasteiger partial charge in [0.1, 0.15) is 5.75 Å². The van der Waals surface area contributed by atoms with Crippen LogP contribution in [0.2, 0.25) is 0 Å². The molecule has 0 fully saturated rings. The Hall–Kier alpha value is -2.62. The molecule has 2 atom stereocenters. The molecule has 0 aromatic heterocycles. The minimum atomic E-state index is -0.581. The highest BCUT2D eigenvalue weighted by Crippen LogP contribution is 2.23. The van der Waals surface area contributed by atoms with Gasteiger partial charge in [0.15, 0.2) is 0 Å². The van der Waals surface area contributed by atoms with Crippen molar-refractivity contribution in [2.45, 2.75) is 45.6 Å². The van der Waals surface area contributed by atoms with Crippen molar-refractivity contribution in [3.63, 3.8) is 0 Å². The molecule has 0 aliphatic heterocycles. The second kappa shape index (κ2) is 10.8. The predicted molar refractivity (Wildman–Crippen MR) is 119 cm³/mol. The highest BCUT2D eigenvalue weighted by molar-refractivity contribution is 5.30. The Morgan fingerprint density at radius 2 is 1.41 bits per heavy atom. The van der Waals surface area contributed by atoms with Crippen molar-refractivity contribution < 1.29 is 9.84 Å². The Morgan fingerprint density at radius 1 is 0.828 bits per heavy atom. The Morgan fingerprint density at radius 3 is 1.97 bits per heavy atom. The summed E-state index contributed by atoms with van der Waals surface area (Å²) in [5, 5.41) is 11.0. The number of nitrogens with zero attached hydrogens (tertiary/aromatic N) is 1. The maximum Gasteiger partial charge on any atom is 0.120 e. The predicted octanol–water partition coefficient (Wildman–Crippen LogP) is 5.60. The summed E-state index contributed by atoms with van der Waals surface area (Å²) in [5.74, 6) is 0.813. The monoisotopic (exact) mass is 389 g/mol. The standard InChI is InChI=1S/C26H31NO2/c1-3-21(2)29-25-16-10-15-24(17-25)26(28)20-27(18-22-11-6-4-7-12-22)19-23-13-8-5-9-14-23/h4-17,21,26,28H,3,18-20H2,1-2H3/t21-,26+/m0/s1. The Labute approximate surface area is 174 Å². The van der Waals surface area contributed by atoms with Gasteiger partial charge in [-0.15, -0.1) is 0 Å². The van der Waals surface area contributed by atoms with Crippen LogP contribution in [0.3, 0.4) is 0 Å². The van der Waals surface area contributed by atoms with Crippen LogP contribution < -0.4 is 4.74 Å². The number of benzene rings is 3. The SMILES string of the molecule is CC[C@H](C)Oc1cccc([C@H](O)CN(Cc2ccccc2)Cc2ccccc2)c1. The van der Waals surface area contributed by atoms with E-state index < -0.39 is 6.10 Å². The smallest absolute Gasteiger partial charge is 0.120 e. The molecule has 0 aliphatic carbocycles. The third kappa shape index (κ3) is 6.74. The fraction of sp³-hybridized carbons (Fsp3) is 0.308. The molecule has 0 amide bonds. The number of aliphatic hydroxyl groups is 1. The normalized spacial score (nSPS) is 13.2. The molecule has 0 aliphatic rings. The number of rotatable bonds is 10. The maximum absolute atomic E-state index is 11.0. The van der Waals surface area contributed by atoms with E-state index in [9.17, 15) is 5.11 Å². The van der Waals surface area contributed by atoms with Gasteiger partial charge in [0.05, 0.1) is 12.2 Å². The van der Waals surface area contributed by atoms with E-state index >= 15 is 0 Å². The summed E-state index contributed by atoms with van der Waals surface area (Å²) in [6.07, 6.45) is 0.535. The molecule has 3 aromatic carbocycles. The first-order valence-electron chi connectivity index (χ1n) is 10.4. The summed E-state index contributed by atoms with van der Waals surface area (Å²) in [6.45, 7) is 6.29. The second-order valence-corrected chi connectivity index (χ2v) is 7.57. The molecule has 0 saturated heterocycles. The van der Waals surface area contributed by atoms with Crippen LogP contribution in [-0.4, -0.2) is 22.7 Å². The molecule has 0 radical (unpaired) electrons. The topological polar surface area (TPSA) is 32.7 Å². The first-order valence-corrected chi connectivity index (χ1v) is 10.4. The largest absolute Gasteiger partial charge is 0.491 e. The first-order chi connectivity index (χ1) is 14.1. The van der Waals surface area contributed by atoms with Gasteiger partial charge < -0.3 is 9.84 Å². The zero-order valence-electron chi connectivity index (χ0n) is 17.4. The van der Waals surface area contributed by atoms with E-state index in [4.69, 9.17) is 4.74 Å². The van der Waals surface area contributed by atoms with E-state index in [1.807, 2.05) is 36.4 Å². The van der Waals surface area contributed by atoms with Gasteiger partial charge in [-0.3, -0.25) is 4.90 Å². The van der Waals surface area contributed by atoms with Crippen LogP contribution in [0.5, 0.6) is 5.75 Å². The fourth-order valence-electron chi connectivity index (χ4n) is 3.33. The zero-order valence-corrected chi connectivity index (χ0v) is 17.4. The van der Waals surface area contributed by atoms with Gasteiger partial charge in [-0.1, -0.05) is 79.7 Å². The van der Waals surface area contributed by atoms with E-state index in [1.54, 1.807) is 0 Å². The van der Waals surface area contributed by atoms with Gasteiger partial charge in [0.25, 0.3) is 0 Å². The van der Waals surface area contributed by atoms with Crippen LogP contribution in [0.1, 0.15) is 43.1 Å². The van der Waals surface area contributed by atoms with Crippen molar-refractivity contribution in [1.29, 1.82) is 0 Å². The van der Waals surface area contributed by atoms with Crippen LogP contribution in [0.15, 0.2) is 84.9 Å². The van der Waals surface area contributed by atoms with Gasteiger partial charge in [0, 0.05) is 19.6 Å². The van der Waals surface area contributed by atoms with E-state index in [2.05, 4.69) is 67.3 Å². The van der Waals surface area contributed by atoms with Crippen LogP contribution in [0, 0.1) is 0 Å². The van der Waals surface area contributed by atoms with Crippen molar-refractivity contribution in [2.24, 2.45) is 0 Å². The van der Waals surface area contributed by atoms with E-state index in [0.29, 0.717) is 6.54 Å². The second-order valence-electron chi connectivity index (χ2n) is 7.57. The van der Waals surface area contributed by atoms with Gasteiger partial charge in [-0.2, -0.15) is 0 Å². The van der Waals surface area contributed by atoms with E-state index in [1.165, 1.54) is 11.1 Å². The van der Waals surface area contributed by atoms with Crippen molar-refractivity contribution in [3.8, 4) is 5.75 Å². The third-order valence-electron chi connectivity index (χ3n) is 5.08. The Kier molecular flexibility index (Phi) is 7.85. The molecule has 0 unspecified atom stereocenters. The van der Waals surface area contributed by atoms with E-state index in [0.717, 1.165) is 30.8 Å². The summed E-state index contributed by atoms with van der Waals surface area (Å²) >= 11 is 0. The molecular formula is C26H31NO2. The van der Waals surface area contributed by atoms with Gasteiger partial charge >= 0.3 is 0 Å². The Bertz CT molecular complexity index is 809. The highest BCUT2D eigenvalue weighted by Gasteiger charge is 2.16. The number of hydrogen-bond acceptors (Lipinski definition) is 3. The van der Waals surface area contributed by atoms with Crippen molar-refractivity contribution in [1.82, 2.24) is 4.90 Å². The molecule has 0 heterocycles. The van der Waals surface area contributed by atoms with Crippen molar-refractivity contribution in [2.75, 3.05) is 6.54 Å². The molecule has 0 spiro atoms. The molecule has 29 heavy (non-hydrogen) atoms. The van der Waals surface area contributed by atoms with Crippen molar-refractivity contribution in [3.05, 3.63) is 102 Å². The molecule has 3 rings (SSSR count). The number of ether oxygens (including phenoxy) is 1. The average molecular weight is 390 g/mol. The summed E-state index contributed by atoms with van der Waals surface area (Å²) in [7, 11) is 0. The highest BCUT2D eigenvalue weighted by atomic mass is 16.5. The third-order valence-corrected chi connectivity index (χ3v) is 5.08. The minimum absolute atomic E-state index is 0.162. The maximum atomic E-state index is 11.0. The first kappa shape index (κ1) is 21.1. The summed E-state index contributed by atoms with van der Waals surface area (Å²) in [6, 6.07) is 28.6.